The third-order valence-corrected chi connectivity index (χ3v) is 8.74. The second-order valence-corrected chi connectivity index (χ2v) is 9.96. The molecule has 0 heterocycles. The maximum atomic E-state index is 14.4. The molecule has 0 spiro atoms. The normalized spacial score (nSPS) is 32.1. The van der Waals surface area contributed by atoms with Crippen molar-refractivity contribution in [3.8, 4) is 0 Å². The molecule has 6 rings (SSSR count). The summed E-state index contributed by atoms with van der Waals surface area (Å²) in [5.74, 6) is -0.280. The highest BCUT2D eigenvalue weighted by molar-refractivity contribution is 6.21. The van der Waals surface area contributed by atoms with Gasteiger partial charge in [0.15, 0.2) is 0 Å². The Morgan fingerprint density at radius 2 is 1.12 bits per heavy atom. The number of rotatable bonds is 3. The predicted molar refractivity (Wildman–Crippen MR) is 126 cm³/mol. The van der Waals surface area contributed by atoms with Gasteiger partial charge in [0, 0.05) is 11.3 Å². The highest BCUT2D eigenvalue weighted by Gasteiger charge is 2.87. The van der Waals surface area contributed by atoms with Crippen LogP contribution in [0.3, 0.4) is 0 Å². The summed E-state index contributed by atoms with van der Waals surface area (Å²) >= 11 is 0. The molecule has 3 aromatic rings. The van der Waals surface area contributed by atoms with Gasteiger partial charge in [-0.2, -0.15) is 0 Å². The van der Waals surface area contributed by atoms with Crippen molar-refractivity contribution in [2.24, 2.45) is 22.7 Å². The van der Waals surface area contributed by atoms with E-state index < -0.39 is 16.2 Å². The third kappa shape index (κ3) is 1.93. The lowest BCUT2D eigenvalue weighted by Gasteiger charge is -2.52. The van der Waals surface area contributed by atoms with E-state index in [1.54, 1.807) is 0 Å². The van der Waals surface area contributed by atoms with Gasteiger partial charge in [-0.3, -0.25) is 9.59 Å². The molecule has 0 N–H and O–H groups in total. The van der Waals surface area contributed by atoms with E-state index in [0.717, 1.165) is 27.8 Å². The van der Waals surface area contributed by atoms with Gasteiger partial charge in [-0.1, -0.05) is 103 Å². The van der Waals surface area contributed by atoms with Gasteiger partial charge in [0.2, 0.25) is 0 Å². The molecular weight excluding hydrogens is 392 g/mol. The van der Waals surface area contributed by atoms with Crippen molar-refractivity contribution in [1.29, 1.82) is 0 Å². The van der Waals surface area contributed by atoms with Crippen LogP contribution in [0.2, 0.25) is 0 Å². The van der Waals surface area contributed by atoms with Gasteiger partial charge in [-0.05, 0) is 36.1 Å². The molecule has 2 nitrogen and oxygen atoms in total. The summed E-state index contributed by atoms with van der Waals surface area (Å²) in [4.78, 5) is 28.7. The van der Waals surface area contributed by atoms with Gasteiger partial charge in [-0.15, -0.1) is 0 Å². The van der Waals surface area contributed by atoms with E-state index >= 15 is 0 Å². The molecule has 0 unspecified atom stereocenters. The average Bonchev–Trinajstić information content (AvgIpc) is 3.42. The third-order valence-electron chi connectivity index (χ3n) is 8.74. The summed E-state index contributed by atoms with van der Waals surface area (Å²) in [5.41, 5.74) is 3.15. The molecule has 2 fully saturated rings. The Morgan fingerprint density at radius 1 is 0.656 bits per heavy atom. The molecule has 0 bridgehead atoms. The first-order valence-electron chi connectivity index (χ1n) is 11.4. The van der Waals surface area contributed by atoms with Crippen LogP contribution in [0.4, 0.5) is 0 Å². The smallest absolute Gasteiger partial charge is 0.149 e. The molecule has 3 aliphatic rings. The van der Waals surface area contributed by atoms with Gasteiger partial charge in [-0.25, -0.2) is 0 Å². The molecule has 2 heteroatoms. The lowest BCUT2D eigenvalue weighted by molar-refractivity contribution is -0.145. The summed E-state index contributed by atoms with van der Waals surface area (Å²) in [6.07, 6.45) is 0. The summed E-state index contributed by atoms with van der Waals surface area (Å²) in [5, 5.41) is 0. The monoisotopic (exact) mass is 418 g/mol. The van der Waals surface area contributed by atoms with Crippen LogP contribution in [0, 0.1) is 22.7 Å². The second kappa shape index (κ2) is 6.16. The van der Waals surface area contributed by atoms with E-state index in [0.29, 0.717) is 0 Å². The number of carbonyl (C=O) groups excluding carboxylic acids is 2. The maximum Gasteiger partial charge on any atom is 0.149 e. The molecule has 0 radical (unpaired) electrons. The molecule has 0 saturated heterocycles. The zero-order valence-corrected chi connectivity index (χ0v) is 18.6. The number of Topliss-reactive ketones (excluding diaryl/α,β-unsaturated/α-hetero) is 2. The average molecular weight is 419 g/mol. The number of hydrogen-bond donors (Lipinski definition) is 0. The van der Waals surface area contributed by atoms with E-state index in [2.05, 4.69) is 36.4 Å². The van der Waals surface area contributed by atoms with Crippen molar-refractivity contribution in [2.45, 2.75) is 26.2 Å². The van der Waals surface area contributed by atoms with E-state index in [4.69, 9.17) is 0 Å². The van der Waals surface area contributed by atoms with Crippen molar-refractivity contribution in [2.75, 3.05) is 0 Å². The van der Waals surface area contributed by atoms with Crippen LogP contribution in [0.15, 0.2) is 96.6 Å². The number of ketones is 2. The fraction of sp³-hybridized carbons (Fsp3) is 0.267. The summed E-state index contributed by atoms with van der Waals surface area (Å²) in [6.45, 7) is 6.08. The van der Waals surface area contributed by atoms with Crippen molar-refractivity contribution in [3.63, 3.8) is 0 Å². The Labute approximate surface area is 189 Å². The molecule has 3 aliphatic carbocycles. The maximum absolute atomic E-state index is 14.4. The largest absolute Gasteiger partial charge is 0.298 e. The highest BCUT2D eigenvalue weighted by atomic mass is 16.2. The Bertz CT molecular complexity index is 1250. The van der Waals surface area contributed by atoms with Gasteiger partial charge < -0.3 is 0 Å². The Kier molecular flexibility index (Phi) is 3.74. The number of benzene rings is 3. The molecule has 32 heavy (non-hydrogen) atoms. The van der Waals surface area contributed by atoms with Crippen molar-refractivity contribution >= 4 is 17.1 Å². The number of fused-ring (bicyclic) bond motifs is 2. The molecule has 0 aliphatic heterocycles. The first kappa shape index (κ1) is 19.4. The van der Waals surface area contributed by atoms with Crippen LogP contribution in [0.5, 0.6) is 0 Å². The fourth-order valence-electron chi connectivity index (χ4n) is 7.43. The minimum atomic E-state index is -0.766. The zero-order valence-electron chi connectivity index (χ0n) is 18.6. The first-order chi connectivity index (χ1) is 15.4. The number of hydrogen-bond acceptors (Lipinski definition) is 2. The SMILES string of the molecule is CC1=C(c2ccccc2)[C@]2(C)C(=O)[C@H]3C(c4ccccc4)(c4ccccc4)[C@@]3(C)C(=O)[C@H]12. The molecule has 158 valence electrons. The molecular formula is C30H26O2. The highest BCUT2D eigenvalue weighted by Crippen LogP contribution is 2.81. The zero-order chi connectivity index (χ0) is 22.3. The van der Waals surface area contributed by atoms with Crippen LogP contribution in [0.25, 0.3) is 5.57 Å². The molecule has 3 aromatic carbocycles. The minimum Gasteiger partial charge on any atom is -0.298 e. The van der Waals surface area contributed by atoms with Crippen LogP contribution in [-0.2, 0) is 15.0 Å². The summed E-state index contributed by atoms with van der Waals surface area (Å²) < 4.78 is 0. The van der Waals surface area contributed by atoms with Crippen LogP contribution >= 0.6 is 0 Å². The standard InChI is InChI=1S/C30H26O2/c1-19-23(20-13-7-4-8-14-20)28(2)24(19)26(31)29(3)25(27(28)32)30(29,21-15-9-5-10-16-21)22-17-11-6-12-18-22/h4-18,24-25H,1-3H3/t24-,25+,28-,29+/m0/s1. The van der Waals surface area contributed by atoms with Gasteiger partial charge in [0.25, 0.3) is 0 Å². The molecule has 4 atom stereocenters. The van der Waals surface area contributed by atoms with Crippen LogP contribution in [0.1, 0.15) is 37.5 Å². The summed E-state index contributed by atoms with van der Waals surface area (Å²) in [7, 11) is 0. The quantitative estimate of drug-likeness (QED) is 0.533. The molecule has 2 saturated carbocycles. The second-order valence-electron chi connectivity index (χ2n) is 9.96. The van der Waals surface area contributed by atoms with Crippen molar-refractivity contribution in [3.05, 3.63) is 113 Å². The van der Waals surface area contributed by atoms with Gasteiger partial charge in [0.05, 0.1) is 16.7 Å². The van der Waals surface area contributed by atoms with E-state index in [1.807, 2.05) is 75.4 Å². The van der Waals surface area contributed by atoms with E-state index in [-0.39, 0.29) is 23.4 Å². The Morgan fingerprint density at radius 3 is 1.62 bits per heavy atom. The van der Waals surface area contributed by atoms with Crippen molar-refractivity contribution < 1.29 is 9.59 Å². The Hall–Kier alpha value is -3.26. The van der Waals surface area contributed by atoms with Gasteiger partial charge >= 0.3 is 0 Å². The minimum absolute atomic E-state index is 0.210. The van der Waals surface area contributed by atoms with Crippen LogP contribution in [-0.4, -0.2) is 11.6 Å². The lowest BCUT2D eigenvalue weighted by Crippen LogP contribution is -2.55. The summed E-state index contributed by atoms with van der Waals surface area (Å²) in [6, 6.07) is 30.5. The van der Waals surface area contributed by atoms with E-state index in [9.17, 15) is 9.59 Å². The topological polar surface area (TPSA) is 34.1 Å². The fourth-order valence-corrected chi connectivity index (χ4v) is 7.43. The Balaban J connectivity index is 1.59. The lowest BCUT2D eigenvalue weighted by atomic mass is 9.48. The molecule has 0 aromatic heterocycles. The van der Waals surface area contributed by atoms with E-state index in [1.165, 1.54) is 0 Å². The van der Waals surface area contributed by atoms with Crippen LogP contribution < -0.4 is 0 Å². The first-order valence-corrected chi connectivity index (χ1v) is 11.4. The molecule has 0 amide bonds. The van der Waals surface area contributed by atoms with Gasteiger partial charge in [0.1, 0.15) is 11.6 Å². The number of allylic oxidation sites excluding steroid dienone is 2. The van der Waals surface area contributed by atoms with Crippen molar-refractivity contribution in [1.82, 2.24) is 0 Å². The predicted octanol–water partition coefficient (Wildman–Crippen LogP) is 5.87. The number of carbonyl (C=O) groups is 2.